The average molecular weight is 240 g/mol. The van der Waals surface area contributed by atoms with Crippen LogP contribution < -0.4 is 10.2 Å². The number of rotatable bonds is 8. The van der Waals surface area contributed by atoms with Crippen LogP contribution in [0.5, 0.6) is 0 Å². The van der Waals surface area contributed by atoms with E-state index in [0.29, 0.717) is 30.9 Å². The summed E-state index contributed by atoms with van der Waals surface area (Å²) >= 11 is 0. The minimum atomic E-state index is 0.181. The maximum absolute atomic E-state index is 8.81. The second kappa shape index (κ2) is 5.97. The molecule has 0 atom stereocenters. The minimum Gasteiger partial charge on any atom is -0.407 e. The van der Waals surface area contributed by atoms with Gasteiger partial charge < -0.3 is 19.7 Å². The summed E-state index contributed by atoms with van der Waals surface area (Å²) in [4.78, 5) is 1.98. The fourth-order valence-electron chi connectivity index (χ4n) is 1.61. The molecule has 1 aliphatic carbocycles. The maximum atomic E-state index is 8.81. The van der Waals surface area contributed by atoms with Gasteiger partial charge in [0.05, 0.1) is 6.54 Å². The lowest BCUT2D eigenvalue weighted by Gasteiger charge is -2.16. The molecule has 6 nitrogen and oxygen atoms in total. The van der Waals surface area contributed by atoms with Crippen molar-refractivity contribution in [1.29, 1.82) is 0 Å². The van der Waals surface area contributed by atoms with E-state index in [1.807, 2.05) is 11.8 Å². The third-order valence-electron chi connectivity index (χ3n) is 2.81. The van der Waals surface area contributed by atoms with Crippen LogP contribution in [0.1, 0.15) is 32.1 Å². The van der Waals surface area contributed by atoms with Crippen molar-refractivity contribution in [3.8, 4) is 0 Å². The molecule has 1 fully saturated rings. The highest BCUT2D eigenvalue weighted by molar-refractivity contribution is 5.23. The second-order valence-electron chi connectivity index (χ2n) is 4.29. The molecule has 2 N–H and O–H groups in total. The van der Waals surface area contributed by atoms with Crippen LogP contribution in [0.3, 0.4) is 0 Å². The fourth-order valence-corrected chi connectivity index (χ4v) is 1.61. The monoisotopic (exact) mass is 240 g/mol. The molecule has 0 saturated heterocycles. The number of nitrogens with one attached hydrogen (secondary N) is 1. The summed E-state index contributed by atoms with van der Waals surface area (Å²) in [7, 11) is 0. The Morgan fingerprint density at radius 3 is 2.94 bits per heavy atom. The Bertz CT molecular complexity index is 338. The van der Waals surface area contributed by atoms with E-state index in [4.69, 9.17) is 9.52 Å². The van der Waals surface area contributed by atoms with Crippen LogP contribution in [0.15, 0.2) is 4.42 Å². The maximum Gasteiger partial charge on any atom is 0.318 e. The first-order valence-corrected chi connectivity index (χ1v) is 6.25. The van der Waals surface area contributed by atoms with Gasteiger partial charge in [-0.2, -0.15) is 0 Å². The molecule has 0 bridgehead atoms. The Kier molecular flexibility index (Phi) is 4.33. The van der Waals surface area contributed by atoms with Crippen molar-refractivity contribution in [3.05, 3.63) is 5.89 Å². The van der Waals surface area contributed by atoms with Crippen LogP contribution in [-0.4, -0.2) is 41.0 Å². The van der Waals surface area contributed by atoms with E-state index in [9.17, 15) is 0 Å². The van der Waals surface area contributed by atoms with Crippen molar-refractivity contribution in [1.82, 2.24) is 15.5 Å². The molecular weight excluding hydrogens is 220 g/mol. The number of aliphatic hydroxyl groups excluding tert-OH is 1. The summed E-state index contributed by atoms with van der Waals surface area (Å²) in [5.41, 5.74) is 0. The van der Waals surface area contributed by atoms with Gasteiger partial charge in [-0.3, -0.25) is 0 Å². The summed E-state index contributed by atoms with van der Waals surface area (Å²) in [6, 6.07) is 1.19. The van der Waals surface area contributed by atoms with Gasteiger partial charge in [-0.05, 0) is 26.2 Å². The normalized spacial score (nSPS) is 15.2. The van der Waals surface area contributed by atoms with E-state index < -0.39 is 0 Å². The van der Waals surface area contributed by atoms with E-state index in [2.05, 4.69) is 15.5 Å². The van der Waals surface area contributed by atoms with Crippen LogP contribution in [-0.2, 0) is 6.54 Å². The van der Waals surface area contributed by atoms with Crippen LogP contribution in [0.25, 0.3) is 0 Å². The van der Waals surface area contributed by atoms with Crippen LogP contribution in [0.4, 0.5) is 6.01 Å². The molecule has 2 rings (SSSR count). The van der Waals surface area contributed by atoms with E-state index in [-0.39, 0.29) is 6.61 Å². The molecule has 1 aromatic rings. The first-order chi connectivity index (χ1) is 8.33. The lowest BCUT2D eigenvalue weighted by atomic mass is 10.4. The Balaban J connectivity index is 1.85. The van der Waals surface area contributed by atoms with Crippen LogP contribution in [0.2, 0.25) is 0 Å². The van der Waals surface area contributed by atoms with Gasteiger partial charge in [-0.15, -0.1) is 5.10 Å². The van der Waals surface area contributed by atoms with Gasteiger partial charge in [0.15, 0.2) is 0 Å². The zero-order valence-corrected chi connectivity index (χ0v) is 10.2. The van der Waals surface area contributed by atoms with Crippen LogP contribution >= 0.6 is 0 Å². The number of aliphatic hydroxyl groups is 1. The van der Waals surface area contributed by atoms with Gasteiger partial charge in [0.1, 0.15) is 0 Å². The quantitative estimate of drug-likeness (QED) is 0.690. The average Bonchev–Trinajstić information content (AvgIpc) is 3.07. The molecular formula is C11H20N4O2. The Hall–Kier alpha value is -1.14. The standard InChI is InChI=1S/C11H20N4O2/c1-2-15(6-3-7-16)11-14-13-10(17-11)8-12-9-4-5-9/h9,12,16H,2-8H2,1H3. The molecule has 0 aliphatic heterocycles. The topological polar surface area (TPSA) is 74.4 Å². The predicted octanol–water partition coefficient (Wildman–Crippen LogP) is 0.530. The van der Waals surface area contributed by atoms with Gasteiger partial charge in [-0.25, -0.2) is 0 Å². The molecule has 0 amide bonds. The van der Waals surface area contributed by atoms with Gasteiger partial charge in [0.2, 0.25) is 5.89 Å². The van der Waals surface area contributed by atoms with Crippen molar-refractivity contribution in [2.45, 2.75) is 38.8 Å². The van der Waals surface area contributed by atoms with Crippen molar-refractivity contribution in [3.63, 3.8) is 0 Å². The van der Waals surface area contributed by atoms with Crippen molar-refractivity contribution in [2.24, 2.45) is 0 Å². The molecule has 0 radical (unpaired) electrons. The molecule has 1 saturated carbocycles. The summed E-state index contributed by atoms with van der Waals surface area (Å²) in [6.45, 7) is 4.40. The predicted molar refractivity (Wildman–Crippen MR) is 63.7 cm³/mol. The Labute approximate surface area is 101 Å². The van der Waals surface area contributed by atoms with E-state index in [1.54, 1.807) is 0 Å². The zero-order chi connectivity index (χ0) is 12.1. The zero-order valence-electron chi connectivity index (χ0n) is 10.2. The first-order valence-electron chi connectivity index (χ1n) is 6.25. The Morgan fingerprint density at radius 2 is 2.29 bits per heavy atom. The third-order valence-corrected chi connectivity index (χ3v) is 2.81. The van der Waals surface area contributed by atoms with Crippen molar-refractivity contribution >= 4 is 6.01 Å². The molecule has 6 heteroatoms. The molecule has 0 spiro atoms. The SMILES string of the molecule is CCN(CCCO)c1nnc(CNC2CC2)o1. The molecule has 1 aliphatic rings. The van der Waals surface area contributed by atoms with Gasteiger partial charge in [0.25, 0.3) is 0 Å². The molecule has 1 aromatic heterocycles. The number of hydrogen-bond acceptors (Lipinski definition) is 6. The lowest BCUT2D eigenvalue weighted by Crippen LogP contribution is -2.24. The molecule has 1 heterocycles. The highest BCUT2D eigenvalue weighted by Crippen LogP contribution is 2.19. The van der Waals surface area contributed by atoms with Crippen LogP contribution in [0, 0.1) is 0 Å². The van der Waals surface area contributed by atoms with E-state index in [1.165, 1.54) is 12.8 Å². The smallest absolute Gasteiger partial charge is 0.318 e. The van der Waals surface area contributed by atoms with Gasteiger partial charge >= 0.3 is 6.01 Å². The number of nitrogens with zero attached hydrogens (tertiary/aromatic N) is 3. The fraction of sp³-hybridized carbons (Fsp3) is 0.818. The highest BCUT2D eigenvalue weighted by atomic mass is 16.4. The lowest BCUT2D eigenvalue weighted by molar-refractivity contribution is 0.288. The summed E-state index contributed by atoms with van der Waals surface area (Å²) in [6.07, 6.45) is 3.21. The number of aromatic nitrogens is 2. The number of hydrogen-bond donors (Lipinski definition) is 2. The Morgan fingerprint density at radius 1 is 1.47 bits per heavy atom. The van der Waals surface area contributed by atoms with E-state index in [0.717, 1.165) is 13.1 Å². The summed E-state index contributed by atoms with van der Waals surface area (Å²) in [5.74, 6) is 0.634. The highest BCUT2D eigenvalue weighted by Gasteiger charge is 2.21. The first kappa shape index (κ1) is 12.3. The van der Waals surface area contributed by atoms with Crippen molar-refractivity contribution < 1.29 is 9.52 Å². The molecule has 0 aromatic carbocycles. The second-order valence-corrected chi connectivity index (χ2v) is 4.29. The van der Waals surface area contributed by atoms with E-state index >= 15 is 0 Å². The molecule has 17 heavy (non-hydrogen) atoms. The summed E-state index contributed by atoms with van der Waals surface area (Å²) in [5, 5.41) is 20.2. The molecule has 0 unspecified atom stereocenters. The summed E-state index contributed by atoms with van der Waals surface area (Å²) < 4.78 is 5.57. The number of anilines is 1. The minimum absolute atomic E-state index is 0.181. The van der Waals surface area contributed by atoms with Gasteiger partial charge in [0, 0.05) is 25.7 Å². The third kappa shape index (κ3) is 3.67. The molecule has 96 valence electrons. The van der Waals surface area contributed by atoms with Gasteiger partial charge in [-0.1, -0.05) is 5.10 Å². The largest absolute Gasteiger partial charge is 0.407 e. The van der Waals surface area contributed by atoms with Crippen molar-refractivity contribution in [2.75, 3.05) is 24.6 Å².